The number of aromatic nitrogens is 3. The zero-order valence-corrected chi connectivity index (χ0v) is 7.77. The van der Waals surface area contributed by atoms with Crippen LogP contribution in [0.25, 0.3) is 21.9 Å². The molecule has 1 N–H and O–H groups in total. The maximum absolute atomic E-state index is 11.7. The zero-order valence-electron chi connectivity index (χ0n) is 7.77. The fourth-order valence-electron chi connectivity index (χ4n) is 1.66. The molecule has 3 heterocycles. The van der Waals surface area contributed by atoms with Crippen LogP contribution in [0.5, 0.6) is 0 Å². The lowest BCUT2D eigenvalue weighted by atomic mass is 10.2. The van der Waals surface area contributed by atoms with Crippen LogP contribution >= 0.6 is 0 Å². The summed E-state index contributed by atoms with van der Waals surface area (Å²) in [7, 11) is 0. The van der Waals surface area contributed by atoms with E-state index in [0.717, 1.165) is 5.52 Å². The Balaban J connectivity index is 2.70. The smallest absolute Gasteiger partial charge is 0.257 e. The summed E-state index contributed by atoms with van der Waals surface area (Å²) in [5.74, 6) is 0. The average molecular weight is 197 g/mol. The number of hydrogen-bond donors (Lipinski definition) is 1. The summed E-state index contributed by atoms with van der Waals surface area (Å²) < 4.78 is 0. The molecule has 15 heavy (non-hydrogen) atoms. The van der Waals surface area contributed by atoms with E-state index in [1.165, 1.54) is 0 Å². The Morgan fingerprint density at radius 2 is 1.73 bits per heavy atom. The standard InChI is InChI=1S/C11H7N3O/c15-11-7-3-1-5-12-9(7)10-8(14-11)4-2-6-13-10/h1-6H,(H,14,15). The molecular formula is C11H7N3O. The molecule has 0 bridgehead atoms. The third-order valence-electron chi connectivity index (χ3n) is 2.33. The Labute approximate surface area is 84.6 Å². The quantitative estimate of drug-likeness (QED) is 0.555. The second kappa shape index (κ2) is 2.88. The first kappa shape index (κ1) is 8.11. The van der Waals surface area contributed by atoms with Crippen LogP contribution < -0.4 is 5.56 Å². The largest absolute Gasteiger partial charge is 0.320 e. The van der Waals surface area contributed by atoms with Crippen LogP contribution in [0.4, 0.5) is 0 Å². The van der Waals surface area contributed by atoms with Crippen molar-refractivity contribution >= 4 is 21.9 Å². The number of aromatic amines is 1. The van der Waals surface area contributed by atoms with Crippen molar-refractivity contribution in [3.63, 3.8) is 0 Å². The van der Waals surface area contributed by atoms with Gasteiger partial charge in [-0.2, -0.15) is 0 Å². The van der Waals surface area contributed by atoms with Crippen molar-refractivity contribution in [2.24, 2.45) is 0 Å². The van der Waals surface area contributed by atoms with Crippen LogP contribution in [0, 0.1) is 0 Å². The van der Waals surface area contributed by atoms with Gasteiger partial charge in [-0.25, -0.2) is 0 Å². The lowest BCUT2D eigenvalue weighted by Crippen LogP contribution is -2.07. The minimum Gasteiger partial charge on any atom is -0.320 e. The van der Waals surface area contributed by atoms with Gasteiger partial charge in [0.25, 0.3) is 5.56 Å². The van der Waals surface area contributed by atoms with E-state index in [1.54, 1.807) is 30.6 Å². The molecular weight excluding hydrogens is 190 g/mol. The first-order valence-corrected chi connectivity index (χ1v) is 4.58. The fourth-order valence-corrected chi connectivity index (χ4v) is 1.66. The lowest BCUT2D eigenvalue weighted by Gasteiger charge is -2.00. The molecule has 0 aliphatic carbocycles. The summed E-state index contributed by atoms with van der Waals surface area (Å²) in [4.78, 5) is 22.8. The van der Waals surface area contributed by atoms with E-state index in [2.05, 4.69) is 15.0 Å². The van der Waals surface area contributed by atoms with Crippen molar-refractivity contribution in [2.75, 3.05) is 0 Å². The number of pyridine rings is 3. The van der Waals surface area contributed by atoms with Crippen molar-refractivity contribution in [2.45, 2.75) is 0 Å². The molecule has 0 spiro atoms. The molecule has 3 rings (SSSR count). The Morgan fingerprint density at radius 1 is 1.00 bits per heavy atom. The molecule has 3 aromatic heterocycles. The van der Waals surface area contributed by atoms with Gasteiger partial charge < -0.3 is 4.98 Å². The molecule has 4 nitrogen and oxygen atoms in total. The van der Waals surface area contributed by atoms with Gasteiger partial charge in [0.1, 0.15) is 11.0 Å². The summed E-state index contributed by atoms with van der Waals surface area (Å²) in [6.45, 7) is 0. The Kier molecular flexibility index (Phi) is 1.56. The summed E-state index contributed by atoms with van der Waals surface area (Å²) in [5, 5.41) is 0.573. The highest BCUT2D eigenvalue weighted by molar-refractivity contribution is 5.99. The third-order valence-corrected chi connectivity index (χ3v) is 2.33. The minimum atomic E-state index is -0.126. The van der Waals surface area contributed by atoms with Crippen LogP contribution in [0.15, 0.2) is 41.5 Å². The normalized spacial score (nSPS) is 10.9. The molecule has 0 saturated carbocycles. The van der Waals surface area contributed by atoms with Gasteiger partial charge in [-0.05, 0) is 24.3 Å². The topological polar surface area (TPSA) is 58.6 Å². The van der Waals surface area contributed by atoms with E-state index in [9.17, 15) is 4.79 Å². The molecule has 0 aliphatic rings. The van der Waals surface area contributed by atoms with Crippen LogP contribution in [0.3, 0.4) is 0 Å². The summed E-state index contributed by atoms with van der Waals surface area (Å²) in [6.07, 6.45) is 3.35. The highest BCUT2D eigenvalue weighted by Crippen LogP contribution is 2.15. The second-order valence-electron chi connectivity index (χ2n) is 3.25. The van der Waals surface area contributed by atoms with Crippen molar-refractivity contribution in [3.8, 4) is 0 Å². The van der Waals surface area contributed by atoms with Gasteiger partial charge in [0.05, 0.1) is 10.9 Å². The number of hydrogen-bond acceptors (Lipinski definition) is 3. The number of H-pyrrole nitrogens is 1. The fraction of sp³-hybridized carbons (Fsp3) is 0. The summed E-state index contributed by atoms with van der Waals surface area (Å²) in [6, 6.07) is 7.09. The molecule has 0 saturated heterocycles. The Bertz CT molecular complexity index is 703. The number of fused-ring (bicyclic) bond motifs is 3. The highest BCUT2D eigenvalue weighted by Gasteiger charge is 2.05. The average Bonchev–Trinajstić information content (AvgIpc) is 2.30. The van der Waals surface area contributed by atoms with E-state index >= 15 is 0 Å². The molecule has 0 aliphatic heterocycles. The Morgan fingerprint density at radius 3 is 2.60 bits per heavy atom. The van der Waals surface area contributed by atoms with Crippen molar-refractivity contribution < 1.29 is 0 Å². The molecule has 0 radical (unpaired) electrons. The van der Waals surface area contributed by atoms with Crippen LogP contribution in [0.2, 0.25) is 0 Å². The molecule has 72 valence electrons. The van der Waals surface area contributed by atoms with Crippen LogP contribution in [-0.4, -0.2) is 15.0 Å². The zero-order chi connectivity index (χ0) is 10.3. The van der Waals surface area contributed by atoms with Crippen LogP contribution in [-0.2, 0) is 0 Å². The van der Waals surface area contributed by atoms with Gasteiger partial charge in [-0.1, -0.05) is 0 Å². The minimum absolute atomic E-state index is 0.126. The maximum atomic E-state index is 11.7. The van der Waals surface area contributed by atoms with Gasteiger partial charge in [-0.15, -0.1) is 0 Å². The molecule has 4 heteroatoms. The molecule has 0 atom stereocenters. The molecule has 0 amide bonds. The third kappa shape index (κ3) is 1.11. The van der Waals surface area contributed by atoms with E-state index in [4.69, 9.17) is 0 Å². The van der Waals surface area contributed by atoms with Gasteiger partial charge >= 0.3 is 0 Å². The Hall–Kier alpha value is -2.23. The molecule has 0 unspecified atom stereocenters. The van der Waals surface area contributed by atoms with E-state index < -0.39 is 0 Å². The van der Waals surface area contributed by atoms with E-state index in [1.807, 2.05) is 6.07 Å². The van der Waals surface area contributed by atoms with Gasteiger partial charge in [0, 0.05) is 12.4 Å². The predicted molar refractivity (Wildman–Crippen MR) is 57.7 cm³/mol. The highest BCUT2D eigenvalue weighted by atomic mass is 16.1. The van der Waals surface area contributed by atoms with Crippen LogP contribution in [0.1, 0.15) is 0 Å². The predicted octanol–water partition coefficient (Wildman–Crippen LogP) is 1.47. The molecule has 0 aromatic carbocycles. The van der Waals surface area contributed by atoms with Crippen molar-refractivity contribution in [1.29, 1.82) is 0 Å². The van der Waals surface area contributed by atoms with Crippen molar-refractivity contribution in [3.05, 3.63) is 47.0 Å². The summed E-state index contributed by atoms with van der Waals surface area (Å²) in [5.41, 5.74) is 1.97. The number of nitrogens with zero attached hydrogens (tertiary/aromatic N) is 2. The van der Waals surface area contributed by atoms with Gasteiger partial charge in [0.2, 0.25) is 0 Å². The monoisotopic (exact) mass is 197 g/mol. The first-order valence-electron chi connectivity index (χ1n) is 4.58. The van der Waals surface area contributed by atoms with Crippen molar-refractivity contribution in [1.82, 2.24) is 15.0 Å². The molecule has 0 fully saturated rings. The van der Waals surface area contributed by atoms with E-state index in [0.29, 0.717) is 16.4 Å². The van der Waals surface area contributed by atoms with Gasteiger partial charge in [-0.3, -0.25) is 14.8 Å². The van der Waals surface area contributed by atoms with Gasteiger partial charge in [0.15, 0.2) is 0 Å². The number of rotatable bonds is 0. The molecule has 3 aromatic rings. The lowest BCUT2D eigenvalue weighted by molar-refractivity contribution is 1.28. The second-order valence-corrected chi connectivity index (χ2v) is 3.25. The SMILES string of the molecule is O=c1[nH]c2cccnc2c2ncccc12. The van der Waals surface area contributed by atoms with E-state index in [-0.39, 0.29) is 5.56 Å². The maximum Gasteiger partial charge on any atom is 0.257 e. The number of nitrogens with one attached hydrogen (secondary N) is 1. The first-order chi connectivity index (χ1) is 7.36. The summed E-state index contributed by atoms with van der Waals surface area (Å²) >= 11 is 0.